The van der Waals surface area contributed by atoms with Gasteiger partial charge < -0.3 is 5.73 Å². The maximum Gasteiger partial charge on any atom is 0.138 e. The molecule has 0 spiro atoms. The van der Waals surface area contributed by atoms with E-state index in [9.17, 15) is 4.39 Å². The summed E-state index contributed by atoms with van der Waals surface area (Å²) in [5.41, 5.74) is 7.27. The number of hydrogen-bond donors (Lipinski definition) is 1. The molecular weight excluding hydrogens is 239 g/mol. The standard InChI is InChI=1S/C16H21FN2/c1-16(2)7-9-19(12-16)11-13-5-6-15(17)14(10-13)4-3-8-18/h5-6,10H,7-9,11-12,18H2,1-2H3. The zero-order valence-corrected chi connectivity index (χ0v) is 11.7. The third-order valence-corrected chi connectivity index (χ3v) is 3.52. The fourth-order valence-electron chi connectivity index (χ4n) is 2.53. The Labute approximate surface area is 114 Å². The van der Waals surface area contributed by atoms with Gasteiger partial charge in [0.1, 0.15) is 5.82 Å². The molecule has 0 aromatic heterocycles. The summed E-state index contributed by atoms with van der Waals surface area (Å²) in [6, 6.07) is 5.18. The van der Waals surface area contributed by atoms with Gasteiger partial charge >= 0.3 is 0 Å². The van der Waals surface area contributed by atoms with Crippen molar-refractivity contribution in [3.8, 4) is 11.8 Å². The number of likely N-dealkylation sites (tertiary alicyclic amines) is 1. The lowest BCUT2D eigenvalue weighted by Crippen LogP contribution is -2.22. The number of nitrogens with zero attached hydrogens (tertiary/aromatic N) is 1. The van der Waals surface area contributed by atoms with Crippen LogP contribution in [0.15, 0.2) is 18.2 Å². The highest BCUT2D eigenvalue weighted by Crippen LogP contribution is 2.29. The number of nitrogens with two attached hydrogens (primary N) is 1. The van der Waals surface area contributed by atoms with Crippen molar-refractivity contribution in [3.05, 3.63) is 35.1 Å². The average Bonchev–Trinajstić information content (AvgIpc) is 2.69. The molecule has 0 aliphatic carbocycles. The molecule has 0 saturated carbocycles. The van der Waals surface area contributed by atoms with Crippen LogP contribution >= 0.6 is 0 Å². The van der Waals surface area contributed by atoms with Gasteiger partial charge in [0.25, 0.3) is 0 Å². The highest BCUT2D eigenvalue weighted by molar-refractivity contribution is 5.38. The van der Waals surface area contributed by atoms with Crippen LogP contribution in [-0.2, 0) is 6.54 Å². The van der Waals surface area contributed by atoms with Gasteiger partial charge in [0.05, 0.1) is 12.1 Å². The molecule has 0 amide bonds. The van der Waals surface area contributed by atoms with E-state index in [4.69, 9.17) is 5.73 Å². The highest BCUT2D eigenvalue weighted by Gasteiger charge is 2.28. The summed E-state index contributed by atoms with van der Waals surface area (Å²) in [6.07, 6.45) is 1.22. The Morgan fingerprint density at radius 1 is 1.42 bits per heavy atom. The van der Waals surface area contributed by atoms with Crippen molar-refractivity contribution in [1.29, 1.82) is 0 Å². The molecular formula is C16H21FN2. The van der Waals surface area contributed by atoms with Gasteiger partial charge in [-0.2, -0.15) is 0 Å². The van der Waals surface area contributed by atoms with Crippen LogP contribution < -0.4 is 5.73 Å². The zero-order valence-electron chi connectivity index (χ0n) is 11.7. The van der Waals surface area contributed by atoms with Crippen molar-refractivity contribution in [2.75, 3.05) is 19.6 Å². The Balaban J connectivity index is 2.09. The monoisotopic (exact) mass is 260 g/mol. The third kappa shape index (κ3) is 3.79. The van der Waals surface area contributed by atoms with E-state index < -0.39 is 0 Å². The summed E-state index contributed by atoms with van der Waals surface area (Å²) in [7, 11) is 0. The van der Waals surface area contributed by atoms with Gasteiger partial charge in [0.15, 0.2) is 0 Å². The van der Waals surface area contributed by atoms with Crippen molar-refractivity contribution >= 4 is 0 Å². The van der Waals surface area contributed by atoms with Crippen LogP contribution in [0.25, 0.3) is 0 Å². The number of halogens is 1. The third-order valence-electron chi connectivity index (χ3n) is 3.52. The molecule has 1 saturated heterocycles. The van der Waals surface area contributed by atoms with Crippen LogP contribution in [0.2, 0.25) is 0 Å². The lowest BCUT2D eigenvalue weighted by molar-refractivity contribution is 0.284. The van der Waals surface area contributed by atoms with Crippen LogP contribution in [0.1, 0.15) is 31.4 Å². The predicted octanol–water partition coefficient (Wildman–Crippen LogP) is 2.37. The summed E-state index contributed by atoms with van der Waals surface area (Å²) >= 11 is 0. The van der Waals surface area contributed by atoms with Gasteiger partial charge in [-0.3, -0.25) is 4.90 Å². The molecule has 0 atom stereocenters. The molecule has 0 unspecified atom stereocenters. The first-order chi connectivity index (χ1) is 9.00. The van der Waals surface area contributed by atoms with Crippen molar-refractivity contribution in [2.45, 2.75) is 26.8 Å². The summed E-state index contributed by atoms with van der Waals surface area (Å²) in [5, 5.41) is 0. The van der Waals surface area contributed by atoms with E-state index in [1.165, 1.54) is 12.5 Å². The second kappa shape index (κ2) is 5.73. The molecule has 1 fully saturated rings. The summed E-state index contributed by atoms with van der Waals surface area (Å²) < 4.78 is 13.6. The second-order valence-corrected chi connectivity index (χ2v) is 5.94. The van der Waals surface area contributed by atoms with Crippen LogP contribution in [0.3, 0.4) is 0 Å². The fourth-order valence-corrected chi connectivity index (χ4v) is 2.53. The molecule has 1 aliphatic rings. The van der Waals surface area contributed by atoms with Crippen molar-refractivity contribution < 1.29 is 4.39 Å². The molecule has 1 aromatic carbocycles. The maximum absolute atomic E-state index is 13.6. The van der Waals surface area contributed by atoms with E-state index >= 15 is 0 Å². The molecule has 1 heterocycles. The molecule has 2 rings (SSSR count). The van der Waals surface area contributed by atoms with Crippen LogP contribution in [0, 0.1) is 23.1 Å². The van der Waals surface area contributed by atoms with Crippen molar-refractivity contribution in [2.24, 2.45) is 11.1 Å². The normalized spacial score (nSPS) is 18.1. The van der Waals surface area contributed by atoms with Gasteiger partial charge in [-0.05, 0) is 36.1 Å². The maximum atomic E-state index is 13.6. The average molecular weight is 260 g/mol. The zero-order chi connectivity index (χ0) is 13.9. The van der Waals surface area contributed by atoms with Crippen molar-refractivity contribution in [1.82, 2.24) is 4.90 Å². The molecule has 0 radical (unpaired) electrons. The Morgan fingerprint density at radius 3 is 2.84 bits per heavy atom. The van der Waals surface area contributed by atoms with E-state index in [2.05, 4.69) is 30.6 Å². The number of rotatable bonds is 2. The molecule has 102 valence electrons. The van der Waals surface area contributed by atoms with Crippen LogP contribution in [-0.4, -0.2) is 24.5 Å². The molecule has 1 aliphatic heterocycles. The molecule has 1 aromatic rings. The first kappa shape index (κ1) is 14.0. The largest absolute Gasteiger partial charge is 0.320 e. The van der Waals surface area contributed by atoms with E-state index in [0.29, 0.717) is 11.0 Å². The Bertz CT molecular complexity index is 511. The highest BCUT2D eigenvalue weighted by atomic mass is 19.1. The minimum Gasteiger partial charge on any atom is -0.320 e. The number of hydrogen-bond acceptors (Lipinski definition) is 2. The van der Waals surface area contributed by atoms with Gasteiger partial charge in [-0.1, -0.05) is 31.8 Å². The van der Waals surface area contributed by atoms with Gasteiger partial charge in [-0.15, -0.1) is 0 Å². The molecule has 19 heavy (non-hydrogen) atoms. The Morgan fingerprint density at radius 2 is 2.21 bits per heavy atom. The van der Waals surface area contributed by atoms with Crippen molar-refractivity contribution in [3.63, 3.8) is 0 Å². The first-order valence-electron chi connectivity index (χ1n) is 6.70. The Hall–Kier alpha value is -1.37. The smallest absolute Gasteiger partial charge is 0.138 e. The van der Waals surface area contributed by atoms with Gasteiger partial charge in [0, 0.05) is 13.1 Å². The molecule has 3 heteroatoms. The van der Waals surface area contributed by atoms with E-state index in [-0.39, 0.29) is 12.4 Å². The van der Waals surface area contributed by atoms with E-state index in [1.54, 1.807) is 0 Å². The van der Waals surface area contributed by atoms with Gasteiger partial charge in [0.2, 0.25) is 0 Å². The van der Waals surface area contributed by atoms with E-state index in [0.717, 1.165) is 25.2 Å². The van der Waals surface area contributed by atoms with E-state index in [1.807, 2.05) is 12.1 Å². The number of benzene rings is 1. The fraction of sp³-hybridized carbons (Fsp3) is 0.500. The lowest BCUT2D eigenvalue weighted by Gasteiger charge is -2.19. The second-order valence-electron chi connectivity index (χ2n) is 5.94. The SMILES string of the molecule is CC1(C)CCN(Cc2ccc(F)c(C#CCN)c2)C1. The topological polar surface area (TPSA) is 29.3 Å². The molecule has 2 N–H and O–H groups in total. The molecule has 2 nitrogen and oxygen atoms in total. The minimum absolute atomic E-state index is 0.254. The summed E-state index contributed by atoms with van der Waals surface area (Å²) in [5.74, 6) is 5.22. The summed E-state index contributed by atoms with van der Waals surface area (Å²) in [4.78, 5) is 2.41. The lowest BCUT2D eigenvalue weighted by atomic mass is 9.93. The van der Waals surface area contributed by atoms with Crippen LogP contribution in [0.5, 0.6) is 0 Å². The molecule has 0 bridgehead atoms. The Kier molecular flexibility index (Phi) is 4.24. The summed E-state index contributed by atoms with van der Waals surface area (Å²) in [6.45, 7) is 7.89. The quantitative estimate of drug-likeness (QED) is 0.827. The van der Waals surface area contributed by atoms with Crippen LogP contribution in [0.4, 0.5) is 4.39 Å². The first-order valence-corrected chi connectivity index (χ1v) is 6.70. The predicted molar refractivity (Wildman–Crippen MR) is 76.0 cm³/mol. The van der Waals surface area contributed by atoms with Gasteiger partial charge in [-0.25, -0.2) is 4.39 Å². The minimum atomic E-state index is -0.272.